The summed E-state index contributed by atoms with van der Waals surface area (Å²) >= 11 is 0. The van der Waals surface area contributed by atoms with Crippen LogP contribution in [0.5, 0.6) is 0 Å². The van der Waals surface area contributed by atoms with E-state index in [-0.39, 0.29) is 0 Å². The van der Waals surface area contributed by atoms with E-state index in [1.165, 1.54) is 5.70 Å². The maximum absolute atomic E-state index is 4.02. The quantitative estimate of drug-likeness (QED) is 0.667. The molecule has 1 heterocycles. The van der Waals surface area contributed by atoms with E-state index < -0.39 is 0 Å². The molecule has 0 unspecified atom stereocenters. The maximum Gasteiger partial charge on any atom is 0.0507 e. The second kappa shape index (κ2) is 3.48. The first kappa shape index (κ1) is 9.59. The van der Waals surface area contributed by atoms with Crippen LogP contribution in [-0.4, -0.2) is 19.1 Å². The van der Waals surface area contributed by atoms with Gasteiger partial charge in [0, 0.05) is 18.8 Å². The van der Waals surface area contributed by atoms with Crippen molar-refractivity contribution in [2.75, 3.05) is 13.1 Å². The van der Waals surface area contributed by atoms with Gasteiger partial charge in [0.15, 0.2) is 0 Å². The molecule has 0 amide bonds. The Morgan fingerprint density at radius 2 is 2.08 bits per heavy atom. The van der Waals surface area contributed by atoms with E-state index in [9.17, 15) is 0 Å². The summed E-state index contributed by atoms with van der Waals surface area (Å²) in [6.45, 7) is 12.9. The fraction of sp³-hybridized carbons (Fsp3) is 0.800. The van der Waals surface area contributed by atoms with Crippen LogP contribution in [0.2, 0.25) is 0 Å². The summed E-state index contributed by atoms with van der Waals surface area (Å²) in [5.74, 6) is 0. The molecule has 0 aromatic carbocycles. The lowest BCUT2D eigenvalue weighted by molar-refractivity contribution is 0.353. The number of rotatable bonds is 3. The Kier molecular flexibility index (Phi) is 2.78. The molecule has 0 saturated carbocycles. The minimum absolute atomic E-state index is 0.348. The molecule has 2 heteroatoms. The number of allylic oxidation sites excluding steroid dienone is 1. The first-order chi connectivity index (χ1) is 5.47. The van der Waals surface area contributed by atoms with Crippen molar-refractivity contribution >= 4 is 0 Å². The van der Waals surface area contributed by atoms with Gasteiger partial charge in [-0.1, -0.05) is 27.4 Å². The number of hydrogen-bond donors (Lipinski definition) is 2. The molecule has 2 nitrogen and oxygen atoms in total. The van der Waals surface area contributed by atoms with Gasteiger partial charge in [0.2, 0.25) is 0 Å². The van der Waals surface area contributed by atoms with Gasteiger partial charge >= 0.3 is 0 Å². The second-order valence-electron chi connectivity index (χ2n) is 4.84. The van der Waals surface area contributed by atoms with E-state index in [1.807, 2.05) is 0 Å². The Bertz CT molecular complexity index is 163. The Morgan fingerprint density at radius 3 is 2.42 bits per heavy atom. The highest BCUT2D eigenvalue weighted by atomic mass is 15.1. The average Bonchev–Trinajstić information content (AvgIpc) is 1.74. The van der Waals surface area contributed by atoms with E-state index >= 15 is 0 Å². The molecular weight excluding hydrogens is 148 g/mol. The normalized spacial score (nSPS) is 18.6. The smallest absolute Gasteiger partial charge is 0.0507 e. The van der Waals surface area contributed by atoms with Crippen molar-refractivity contribution in [3.8, 4) is 0 Å². The molecule has 0 radical (unpaired) electrons. The second-order valence-corrected chi connectivity index (χ2v) is 4.84. The standard InChI is InChI=1S/C10H20N2/c1-8(5-10(2,3)4)12-9-6-11-7-9/h9,11-12H,1,5-7H2,2-4H3. The molecule has 1 saturated heterocycles. The lowest BCUT2D eigenvalue weighted by Crippen LogP contribution is -2.55. The van der Waals surface area contributed by atoms with E-state index in [0.29, 0.717) is 11.5 Å². The van der Waals surface area contributed by atoms with Gasteiger partial charge in [-0.2, -0.15) is 0 Å². The highest BCUT2D eigenvalue weighted by Gasteiger charge is 2.18. The molecular formula is C10H20N2. The topological polar surface area (TPSA) is 24.1 Å². The summed E-state index contributed by atoms with van der Waals surface area (Å²) in [5.41, 5.74) is 1.52. The fourth-order valence-electron chi connectivity index (χ4n) is 1.37. The molecule has 70 valence electrons. The lowest BCUT2D eigenvalue weighted by Gasteiger charge is -2.31. The van der Waals surface area contributed by atoms with Crippen molar-refractivity contribution in [2.45, 2.75) is 33.2 Å². The molecule has 1 fully saturated rings. The zero-order valence-electron chi connectivity index (χ0n) is 8.41. The summed E-state index contributed by atoms with van der Waals surface area (Å²) in [5, 5.41) is 6.64. The predicted molar refractivity (Wildman–Crippen MR) is 53.0 cm³/mol. The summed E-state index contributed by atoms with van der Waals surface area (Å²) in [4.78, 5) is 0. The number of hydrogen-bond acceptors (Lipinski definition) is 2. The van der Waals surface area contributed by atoms with Gasteiger partial charge in [-0.3, -0.25) is 0 Å². The van der Waals surface area contributed by atoms with Crippen LogP contribution in [0.4, 0.5) is 0 Å². The third-order valence-corrected chi connectivity index (χ3v) is 1.93. The minimum Gasteiger partial charge on any atom is -0.384 e. The fourth-order valence-corrected chi connectivity index (χ4v) is 1.37. The third kappa shape index (κ3) is 3.26. The van der Waals surface area contributed by atoms with Gasteiger partial charge < -0.3 is 10.6 Å². The van der Waals surface area contributed by atoms with Gasteiger partial charge in [0.25, 0.3) is 0 Å². The van der Waals surface area contributed by atoms with Crippen LogP contribution in [0.25, 0.3) is 0 Å². The van der Waals surface area contributed by atoms with Crippen molar-refractivity contribution in [3.05, 3.63) is 12.3 Å². The summed E-state index contributed by atoms with van der Waals surface area (Å²) in [7, 11) is 0. The van der Waals surface area contributed by atoms with Gasteiger partial charge in [-0.15, -0.1) is 0 Å². The highest BCUT2D eigenvalue weighted by molar-refractivity contribution is 5.00. The first-order valence-electron chi connectivity index (χ1n) is 4.62. The molecule has 1 aliphatic rings. The Morgan fingerprint density at radius 1 is 1.50 bits per heavy atom. The van der Waals surface area contributed by atoms with E-state index in [2.05, 4.69) is 38.0 Å². The molecule has 0 spiro atoms. The Balaban J connectivity index is 2.19. The zero-order valence-corrected chi connectivity index (χ0v) is 8.41. The molecule has 0 atom stereocenters. The molecule has 2 N–H and O–H groups in total. The maximum atomic E-state index is 4.02. The highest BCUT2D eigenvalue weighted by Crippen LogP contribution is 2.21. The monoisotopic (exact) mass is 168 g/mol. The van der Waals surface area contributed by atoms with Crippen LogP contribution in [0.15, 0.2) is 12.3 Å². The number of nitrogens with one attached hydrogen (secondary N) is 2. The minimum atomic E-state index is 0.348. The van der Waals surface area contributed by atoms with Crippen molar-refractivity contribution in [2.24, 2.45) is 5.41 Å². The van der Waals surface area contributed by atoms with Crippen molar-refractivity contribution < 1.29 is 0 Å². The SMILES string of the molecule is C=C(CC(C)(C)C)NC1CNC1. The van der Waals surface area contributed by atoms with Crippen molar-refractivity contribution in [1.82, 2.24) is 10.6 Å². The molecule has 0 aromatic rings. The molecule has 12 heavy (non-hydrogen) atoms. The van der Waals surface area contributed by atoms with Crippen LogP contribution >= 0.6 is 0 Å². The van der Waals surface area contributed by atoms with Crippen molar-refractivity contribution in [1.29, 1.82) is 0 Å². The molecule has 1 aliphatic heterocycles. The van der Waals surface area contributed by atoms with Gasteiger partial charge in [0.05, 0.1) is 6.04 Å². The summed E-state index contributed by atoms with van der Waals surface area (Å²) in [6.07, 6.45) is 1.06. The van der Waals surface area contributed by atoms with E-state index in [1.54, 1.807) is 0 Å². The van der Waals surface area contributed by atoms with Gasteiger partial charge in [-0.05, 0) is 11.8 Å². The first-order valence-corrected chi connectivity index (χ1v) is 4.62. The molecule has 0 aliphatic carbocycles. The van der Waals surface area contributed by atoms with Crippen LogP contribution in [0.1, 0.15) is 27.2 Å². The largest absolute Gasteiger partial charge is 0.384 e. The predicted octanol–water partition coefficient (Wildman–Crippen LogP) is 1.50. The average molecular weight is 168 g/mol. The summed E-state index contributed by atoms with van der Waals surface area (Å²) in [6, 6.07) is 0.625. The zero-order chi connectivity index (χ0) is 9.19. The van der Waals surface area contributed by atoms with Crippen LogP contribution in [-0.2, 0) is 0 Å². The van der Waals surface area contributed by atoms with Gasteiger partial charge in [-0.25, -0.2) is 0 Å². The Hall–Kier alpha value is -0.500. The Labute approximate surface area is 75.4 Å². The lowest BCUT2D eigenvalue weighted by atomic mass is 9.90. The van der Waals surface area contributed by atoms with Crippen LogP contribution in [0, 0.1) is 5.41 Å². The van der Waals surface area contributed by atoms with Crippen molar-refractivity contribution in [3.63, 3.8) is 0 Å². The van der Waals surface area contributed by atoms with Gasteiger partial charge in [0.1, 0.15) is 0 Å². The van der Waals surface area contributed by atoms with Crippen LogP contribution in [0.3, 0.4) is 0 Å². The van der Waals surface area contributed by atoms with E-state index in [4.69, 9.17) is 0 Å². The summed E-state index contributed by atoms with van der Waals surface area (Å²) < 4.78 is 0. The molecule has 0 bridgehead atoms. The molecule has 0 aromatic heterocycles. The van der Waals surface area contributed by atoms with Crippen LogP contribution < -0.4 is 10.6 Å². The molecule has 1 rings (SSSR count). The third-order valence-electron chi connectivity index (χ3n) is 1.93. The van der Waals surface area contributed by atoms with E-state index in [0.717, 1.165) is 19.5 Å².